The molecule has 0 saturated heterocycles. The molecule has 2 heterocycles. The molecule has 160 valence electrons. The first-order chi connectivity index (χ1) is 14.2. The average Bonchev–Trinajstić information content (AvgIpc) is 3.07. The molecule has 2 aliphatic rings. The maximum atomic E-state index is 13.0. The molecule has 0 bridgehead atoms. The Bertz CT molecular complexity index is 1130. The van der Waals surface area contributed by atoms with Crippen molar-refractivity contribution in [2.24, 2.45) is 14.1 Å². The predicted molar refractivity (Wildman–Crippen MR) is 112 cm³/mol. The fourth-order valence-corrected chi connectivity index (χ4v) is 4.10. The minimum absolute atomic E-state index is 0.147. The molecule has 1 aliphatic heterocycles. The number of rotatable bonds is 4. The molecule has 1 aromatic heterocycles. The summed E-state index contributed by atoms with van der Waals surface area (Å²) in [5.74, 6) is 0.115. The van der Waals surface area contributed by atoms with Gasteiger partial charge in [-0.05, 0) is 31.9 Å². The van der Waals surface area contributed by atoms with Gasteiger partial charge in [-0.3, -0.25) is 18.7 Å². The number of benzene rings is 1. The van der Waals surface area contributed by atoms with Crippen molar-refractivity contribution >= 4 is 17.3 Å². The zero-order valence-electron chi connectivity index (χ0n) is 17.4. The number of fused-ring (bicyclic) bond motifs is 1. The molecule has 3 N–H and O–H groups in total. The van der Waals surface area contributed by atoms with Crippen LogP contribution < -0.4 is 31.8 Å². The summed E-state index contributed by atoms with van der Waals surface area (Å²) >= 11 is 0. The lowest BCUT2D eigenvalue weighted by molar-refractivity contribution is -0.105. The Hall–Kier alpha value is -3.23. The van der Waals surface area contributed by atoms with Crippen molar-refractivity contribution in [2.45, 2.75) is 50.9 Å². The van der Waals surface area contributed by atoms with Gasteiger partial charge in [0.2, 0.25) is 0 Å². The molecule has 9 nitrogen and oxygen atoms in total. The lowest BCUT2D eigenvalue weighted by Gasteiger charge is -2.31. The summed E-state index contributed by atoms with van der Waals surface area (Å²) in [5, 5.41) is 3.09. The summed E-state index contributed by atoms with van der Waals surface area (Å²) in [5.41, 5.74) is 5.06. The molecule has 1 aromatic carbocycles. The van der Waals surface area contributed by atoms with E-state index in [1.165, 1.54) is 20.5 Å². The van der Waals surface area contributed by atoms with Crippen LogP contribution in [0.5, 0.6) is 11.5 Å². The second-order valence-electron chi connectivity index (χ2n) is 8.03. The first-order valence-electron chi connectivity index (χ1n) is 10.1. The van der Waals surface area contributed by atoms with Gasteiger partial charge in [0.15, 0.2) is 17.3 Å². The topological polar surface area (TPSA) is 118 Å². The molecule has 1 fully saturated rings. The second-order valence-corrected chi connectivity index (χ2v) is 8.03. The summed E-state index contributed by atoms with van der Waals surface area (Å²) in [6.45, 7) is 1.64. The highest BCUT2D eigenvalue weighted by Gasteiger charge is 2.42. The third-order valence-corrected chi connectivity index (χ3v) is 5.88. The standard InChI is InChI=1S/C21H26N4O5/c1-12(17(26)16-18(22)24(2)20(28)25(3)19(16)27)23-13-7-8-14-15(11-13)30-21(29-14)9-5-4-6-10-21/h7-8,11-12,23H,4-6,9-10,22H2,1-3H3. The van der Waals surface area contributed by atoms with Crippen LogP contribution in [-0.4, -0.2) is 26.7 Å². The third-order valence-electron chi connectivity index (χ3n) is 5.88. The van der Waals surface area contributed by atoms with E-state index in [0.29, 0.717) is 17.2 Å². The quantitative estimate of drug-likeness (QED) is 0.732. The molecular weight excluding hydrogens is 388 g/mol. The van der Waals surface area contributed by atoms with Crippen LogP contribution >= 0.6 is 0 Å². The van der Waals surface area contributed by atoms with E-state index in [2.05, 4.69) is 5.32 Å². The van der Waals surface area contributed by atoms with E-state index in [0.717, 1.165) is 34.8 Å². The Morgan fingerprint density at radius 3 is 2.47 bits per heavy atom. The number of carbonyl (C=O) groups excluding carboxylic acids is 1. The monoisotopic (exact) mass is 414 g/mol. The lowest BCUT2D eigenvalue weighted by atomic mass is 9.94. The normalized spacial score (nSPS) is 17.7. The number of nitrogens with one attached hydrogen (secondary N) is 1. The molecular formula is C21H26N4O5. The van der Waals surface area contributed by atoms with Crippen molar-refractivity contribution in [3.8, 4) is 11.5 Å². The van der Waals surface area contributed by atoms with Gasteiger partial charge in [0.1, 0.15) is 11.4 Å². The molecule has 1 atom stereocenters. The van der Waals surface area contributed by atoms with E-state index in [1.54, 1.807) is 19.1 Å². The van der Waals surface area contributed by atoms with Crippen LogP contribution in [0.15, 0.2) is 27.8 Å². The molecule has 1 saturated carbocycles. The van der Waals surface area contributed by atoms with Gasteiger partial charge in [-0.1, -0.05) is 6.42 Å². The van der Waals surface area contributed by atoms with Gasteiger partial charge < -0.3 is 20.5 Å². The van der Waals surface area contributed by atoms with E-state index in [-0.39, 0.29) is 11.4 Å². The Kier molecular flexibility index (Phi) is 4.83. The zero-order valence-corrected chi connectivity index (χ0v) is 17.4. The largest absolute Gasteiger partial charge is 0.448 e. The van der Waals surface area contributed by atoms with E-state index >= 15 is 0 Å². The van der Waals surface area contributed by atoms with Crippen molar-refractivity contribution in [1.29, 1.82) is 0 Å². The van der Waals surface area contributed by atoms with E-state index < -0.39 is 28.9 Å². The second kappa shape index (κ2) is 7.23. The molecule has 1 aliphatic carbocycles. The highest BCUT2D eigenvalue weighted by molar-refractivity contribution is 6.04. The molecule has 0 radical (unpaired) electrons. The fourth-order valence-electron chi connectivity index (χ4n) is 4.10. The molecule has 2 aromatic rings. The van der Waals surface area contributed by atoms with E-state index in [4.69, 9.17) is 15.2 Å². The predicted octanol–water partition coefficient (Wildman–Crippen LogP) is 1.78. The maximum absolute atomic E-state index is 13.0. The Labute approximate surface area is 173 Å². The lowest BCUT2D eigenvalue weighted by Crippen LogP contribution is -2.43. The van der Waals surface area contributed by atoms with Crippen LogP contribution in [0.25, 0.3) is 0 Å². The van der Waals surface area contributed by atoms with E-state index in [1.807, 2.05) is 6.07 Å². The molecule has 1 spiro atoms. The van der Waals surface area contributed by atoms with Crippen LogP contribution in [0.4, 0.5) is 11.5 Å². The van der Waals surface area contributed by atoms with Crippen LogP contribution in [0.1, 0.15) is 49.4 Å². The van der Waals surface area contributed by atoms with E-state index in [9.17, 15) is 14.4 Å². The summed E-state index contributed by atoms with van der Waals surface area (Å²) in [4.78, 5) is 37.4. The van der Waals surface area contributed by atoms with Crippen molar-refractivity contribution in [3.05, 3.63) is 44.6 Å². The molecule has 0 amide bonds. The first kappa shape index (κ1) is 20.1. The van der Waals surface area contributed by atoms with Gasteiger partial charge in [-0.15, -0.1) is 0 Å². The van der Waals surface area contributed by atoms with Crippen molar-refractivity contribution in [1.82, 2.24) is 9.13 Å². The highest BCUT2D eigenvalue weighted by atomic mass is 16.7. The van der Waals surface area contributed by atoms with Crippen molar-refractivity contribution < 1.29 is 14.3 Å². The number of anilines is 2. The summed E-state index contributed by atoms with van der Waals surface area (Å²) in [6, 6.07) is 4.67. The van der Waals surface area contributed by atoms with Gasteiger partial charge in [0, 0.05) is 38.7 Å². The summed E-state index contributed by atoms with van der Waals surface area (Å²) in [6.07, 6.45) is 5.04. The number of nitrogens with zero attached hydrogens (tertiary/aromatic N) is 2. The van der Waals surface area contributed by atoms with Crippen LogP contribution in [0.3, 0.4) is 0 Å². The number of carbonyl (C=O) groups is 1. The number of hydrogen-bond donors (Lipinski definition) is 2. The van der Waals surface area contributed by atoms with Crippen LogP contribution in [0, 0.1) is 0 Å². The highest BCUT2D eigenvalue weighted by Crippen LogP contribution is 2.46. The third kappa shape index (κ3) is 3.24. The number of hydrogen-bond acceptors (Lipinski definition) is 7. The Morgan fingerprint density at radius 2 is 1.77 bits per heavy atom. The average molecular weight is 414 g/mol. The van der Waals surface area contributed by atoms with Gasteiger partial charge in [0.25, 0.3) is 11.3 Å². The fraction of sp³-hybridized carbons (Fsp3) is 0.476. The first-order valence-corrected chi connectivity index (χ1v) is 10.1. The SMILES string of the molecule is CC(Nc1ccc2c(c1)OC1(CCCCC1)O2)C(=O)c1c(N)n(C)c(=O)n(C)c1=O. The molecule has 4 rings (SSSR count). The molecule has 9 heteroatoms. The minimum atomic E-state index is -0.749. The summed E-state index contributed by atoms with van der Waals surface area (Å²) < 4.78 is 14.2. The number of nitrogen functional groups attached to an aromatic ring is 1. The number of nitrogens with two attached hydrogens (primary N) is 1. The molecule has 30 heavy (non-hydrogen) atoms. The van der Waals surface area contributed by atoms with Crippen molar-refractivity contribution in [3.63, 3.8) is 0 Å². The maximum Gasteiger partial charge on any atom is 0.332 e. The Morgan fingerprint density at radius 1 is 1.10 bits per heavy atom. The van der Waals surface area contributed by atoms with Gasteiger partial charge in [-0.2, -0.15) is 0 Å². The van der Waals surface area contributed by atoms with Crippen LogP contribution in [-0.2, 0) is 14.1 Å². The van der Waals surface area contributed by atoms with Gasteiger partial charge in [0.05, 0.1) is 6.04 Å². The van der Waals surface area contributed by atoms with Gasteiger partial charge >= 0.3 is 5.69 Å². The van der Waals surface area contributed by atoms with Crippen LogP contribution in [0.2, 0.25) is 0 Å². The minimum Gasteiger partial charge on any atom is -0.448 e. The smallest absolute Gasteiger partial charge is 0.332 e. The summed E-state index contributed by atoms with van der Waals surface area (Å²) in [7, 11) is 2.74. The number of ketones is 1. The number of ether oxygens (including phenoxy) is 2. The molecule has 1 unspecified atom stereocenters. The van der Waals surface area contributed by atoms with Crippen molar-refractivity contribution in [2.75, 3.05) is 11.1 Å². The number of Topliss-reactive ketones (excluding diaryl/α,β-unsaturated/α-hetero) is 1. The van der Waals surface area contributed by atoms with Gasteiger partial charge in [-0.25, -0.2) is 4.79 Å². The zero-order chi connectivity index (χ0) is 21.6. The Balaban J connectivity index is 1.56. The number of aromatic nitrogens is 2.